The largest absolute Gasteiger partial charge is 0.384 e. The molecule has 1 aromatic carbocycles. The summed E-state index contributed by atoms with van der Waals surface area (Å²) in [5, 5.41) is 3.56. The van der Waals surface area contributed by atoms with Crippen molar-refractivity contribution < 1.29 is 0 Å². The Kier molecular flexibility index (Phi) is 4.28. The van der Waals surface area contributed by atoms with Crippen molar-refractivity contribution in [2.24, 2.45) is 11.8 Å². The number of benzene rings is 1. The molecule has 0 bridgehead atoms. The molecule has 0 aliphatic carbocycles. The van der Waals surface area contributed by atoms with Crippen LogP contribution in [-0.2, 0) is 6.42 Å². The van der Waals surface area contributed by atoms with Crippen LogP contribution in [0.1, 0.15) is 26.3 Å². The van der Waals surface area contributed by atoms with Gasteiger partial charge in [-0.1, -0.05) is 32.0 Å². The monoisotopic (exact) mass is 246 g/mol. The molecule has 100 valence electrons. The fourth-order valence-corrected chi connectivity index (χ4v) is 2.72. The zero-order chi connectivity index (χ0) is 13.1. The van der Waals surface area contributed by atoms with Gasteiger partial charge in [-0.05, 0) is 43.9 Å². The molecule has 2 atom stereocenters. The number of nitrogens with one attached hydrogen (secondary N) is 1. The normalized spacial score (nSPS) is 20.7. The van der Waals surface area contributed by atoms with Gasteiger partial charge in [0, 0.05) is 24.8 Å². The summed E-state index contributed by atoms with van der Waals surface area (Å²) in [6, 6.07) is 9.34. The van der Waals surface area contributed by atoms with Gasteiger partial charge in [0.2, 0.25) is 0 Å². The molecule has 18 heavy (non-hydrogen) atoms. The molecule has 1 N–H and O–H groups in total. The third-order valence-electron chi connectivity index (χ3n) is 4.31. The molecular formula is C16H26N2. The van der Waals surface area contributed by atoms with E-state index in [2.05, 4.69) is 62.3 Å². The van der Waals surface area contributed by atoms with E-state index < -0.39 is 0 Å². The smallest absolute Gasteiger partial charge is 0.0372 e. The first-order chi connectivity index (χ1) is 8.58. The van der Waals surface area contributed by atoms with Crippen molar-refractivity contribution in [3.63, 3.8) is 0 Å². The molecule has 1 heterocycles. The minimum absolute atomic E-state index is 0.655. The van der Waals surface area contributed by atoms with E-state index in [4.69, 9.17) is 0 Å². The average molecular weight is 246 g/mol. The highest BCUT2D eigenvalue weighted by Gasteiger charge is 2.21. The molecule has 2 unspecified atom stereocenters. The zero-order valence-electron chi connectivity index (χ0n) is 12.1. The molecule has 0 saturated carbocycles. The number of fused-ring (bicyclic) bond motifs is 1. The van der Waals surface area contributed by atoms with Crippen LogP contribution in [0.25, 0.3) is 0 Å². The van der Waals surface area contributed by atoms with Gasteiger partial charge in [-0.25, -0.2) is 0 Å². The van der Waals surface area contributed by atoms with E-state index >= 15 is 0 Å². The van der Waals surface area contributed by atoms with Gasteiger partial charge >= 0.3 is 0 Å². The molecule has 2 heteroatoms. The fourth-order valence-electron chi connectivity index (χ4n) is 2.72. The quantitative estimate of drug-likeness (QED) is 0.877. The van der Waals surface area contributed by atoms with Gasteiger partial charge in [0.25, 0.3) is 0 Å². The van der Waals surface area contributed by atoms with Gasteiger partial charge in [-0.15, -0.1) is 0 Å². The Bertz CT molecular complexity index is 386. The molecule has 1 aliphatic rings. The van der Waals surface area contributed by atoms with Gasteiger partial charge in [-0.3, -0.25) is 0 Å². The van der Waals surface area contributed by atoms with Gasteiger partial charge in [0.05, 0.1) is 0 Å². The highest BCUT2D eigenvalue weighted by molar-refractivity contribution is 5.53. The van der Waals surface area contributed by atoms with Crippen LogP contribution in [-0.4, -0.2) is 31.1 Å². The molecule has 0 radical (unpaired) electrons. The highest BCUT2D eigenvalue weighted by Crippen LogP contribution is 2.25. The van der Waals surface area contributed by atoms with Crippen LogP contribution in [0.4, 0.5) is 5.69 Å². The lowest BCUT2D eigenvalue weighted by Gasteiger charge is -2.34. The Labute approximate surface area is 111 Å². The van der Waals surface area contributed by atoms with E-state index in [0.29, 0.717) is 6.04 Å². The summed E-state index contributed by atoms with van der Waals surface area (Å²) < 4.78 is 0. The number of rotatable bonds is 4. The van der Waals surface area contributed by atoms with Gasteiger partial charge in [0.1, 0.15) is 0 Å². The van der Waals surface area contributed by atoms with Crippen LogP contribution >= 0.6 is 0 Å². The molecule has 0 saturated heterocycles. The molecular weight excluding hydrogens is 220 g/mol. The summed E-state index contributed by atoms with van der Waals surface area (Å²) in [5.74, 6) is 1.45. The maximum Gasteiger partial charge on any atom is 0.0372 e. The standard InChI is InChI=1S/C16H26N2/c1-12(2)13(3)18(4)11-14-9-15-7-5-6-8-16(15)17-10-14/h5-8,12-14,17H,9-11H2,1-4H3. The van der Waals surface area contributed by atoms with Crippen LogP contribution in [0.2, 0.25) is 0 Å². The van der Waals surface area contributed by atoms with E-state index in [0.717, 1.165) is 18.4 Å². The molecule has 2 rings (SSSR count). The third kappa shape index (κ3) is 3.05. The lowest BCUT2D eigenvalue weighted by molar-refractivity contribution is 0.180. The zero-order valence-corrected chi connectivity index (χ0v) is 12.1. The molecule has 0 spiro atoms. The Morgan fingerprint density at radius 3 is 2.72 bits per heavy atom. The summed E-state index contributed by atoms with van der Waals surface area (Å²) in [7, 11) is 2.26. The van der Waals surface area contributed by atoms with E-state index in [1.165, 1.54) is 24.2 Å². The van der Waals surface area contributed by atoms with Gasteiger partial charge in [-0.2, -0.15) is 0 Å². The maximum absolute atomic E-state index is 3.56. The molecule has 2 nitrogen and oxygen atoms in total. The maximum atomic E-state index is 3.56. The molecule has 0 aromatic heterocycles. The third-order valence-corrected chi connectivity index (χ3v) is 4.31. The second-order valence-electron chi connectivity index (χ2n) is 6.03. The van der Waals surface area contributed by atoms with Gasteiger partial charge < -0.3 is 10.2 Å². The van der Waals surface area contributed by atoms with Crippen molar-refractivity contribution in [1.82, 2.24) is 4.90 Å². The SMILES string of the molecule is CC(C)C(C)N(C)CC1CNc2ccccc2C1. The second-order valence-corrected chi connectivity index (χ2v) is 6.03. The molecule has 0 amide bonds. The Morgan fingerprint density at radius 2 is 2.00 bits per heavy atom. The van der Waals surface area contributed by atoms with E-state index in [1.54, 1.807) is 0 Å². The molecule has 1 aromatic rings. The summed E-state index contributed by atoms with van der Waals surface area (Å²) in [6.45, 7) is 9.22. The lowest BCUT2D eigenvalue weighted by atomic mass is 9.92. The molecule has 1 aliphatic heterocycles. The van der Waals surface area contributed by atoms with Crippen LogP contribution in [0, 0.1) is 11.8 Å². The Balaban J connectivity index is 1.94. The minimum atomic E-state index is 0.655. The Hall–Kier alpha value is -1.02. The number of hydrogen-bond acceptors (Lipinski definition) is 2. The van der Waals surface area contributed by atoms with Crippen LogP contribution in [0.15, 0.2) is 24.3 Å². The van der Waals surface area contributed by atoms with Crippen molar-refractivity contribution in [3.8, 4) is 0 Å². The highest BCUT2D eigenvalue weighted by atomic mass is 15.1. The Morgan fingerprint density at radius 1 is 1.28 bits per heavy atom. The van der Waals surface area contributed by atoms with Crippen LogP contribution in [0.5, 0.6) is 0 Å². The van der Waals surface area contributed by atoms with Crippen molar-refractivity contribution in [1.29, 1.82) is 0 Å². The van der Waals surface area contributed by atoms with Crippen LogP contribution < -0.4 is 5.32 Å². The minimum Gasteiger partial charge on any atom is -0.384 e. The molecule has 0 fully saturated rings. The lowest BCUT2D eigenvalue weighted by Crippen LogP contribution is -2.40. The van der Waals surface area contributed by atoms with Crippen LogP contribution in [0.3, 0.4) is 0 Å². The summed E-state index contributed by atoms with van der Waals surface area (Å²) in [5.41, 5.74) is 2.80. The van der Waals surface area contributed by atoms with Crippen molar-refractivity contribution in [2.75, 3.05) is 25.5 Å². The first kappa shape index (κ1) is 13.4. The summed E-state index contributed by atoms with van der Waals surface area (Å²) in [6.07, 6.45) is 1.21. The summed E-state index contributed by atoms with van der Waals surface area (Å²) >= 11 is 0. The number of hydrogen-bond donors (Lipinski definition) is 1. The number of para-hydroxylation sites is 1. The van der Waals surface area contributed by atoms with Gasteiger partial charge in [0.15, 0.2) is 0 Å². The predicted molar refractivity (Wildman–Crippen MR) is 79.1 cm³/mol. The van der Waals surface area contributed by atoms with Crippen molar-refractivity contribution in [2.45, 2.75) is 33.2 Å². The van der Waals surface area contributed by atoms with Crippen molar-refractivity contribution >= 4 is 5.69 Å². The van der Waals surface area contributed by atoms with Crippen molar-refractivity contribution in [3.05, 3.63) is 29.8 Å². The topological polar surface area (TPSA) is 15.3 Å². The number of anilines is 1. The van der Waals surface area contributed by atoms with E-state index in [-0.39, 0.29) is 0 Å². The first-order valence-corrected chi connectivity index (χ1v) is 7.10. The number of nitrogens with zero attached hydrogens (tertiary/aromatic N) is 1. The van der Waals surface area contributed by atoms with E-state index in [1.807, 2.05) is 0 Å². The average Bonchev–Trinajstić information content (AvgIpc) is 2.37. The van der Waals surface area contributed by atoms with E-state index in [9.17, 15) is 0 Å². The summed E-state index contributed by atoms with van der Waals surface area (Å²) in [4.78, 5) is 2.50. The first-order valence-electron chi connectivity index (χ1n) is 7.10. The second kappa shape index (κ2) is 5.75. The fraction of sp³-hybridized carbons (Fsp3) is 0.625. The predicted octanol–water partition coefficient (Wildman–Crippen LogP) is 3.25.